The van der Waals surface area contributed by atoms with Gasteiger partial charge >= 0.3 is 11.8 Å². The van der Waals surface area contributed by atoms with Gasteiger partial charge < -0.3 is 19.9 Å². The van der Waals surface area contributed by atoms with Crippen molar-refractivity contribution in [2.75, 3.05) is 18.4 Å². The molecule has 1 amide bonds. The maximum atomic E-state index is 13.1. The molecule has 2 N–H and O–H groups in total. The number of amides is 1. The highest BCUT2D eigenvalue weighted by Crippen LogP contribution is 2.25. The molecule has 9 nitrogen and oxygen atoms in total. The minimum Gasteiger partial charge on any atom is -0.444 e. The molecule has 3 heterocycles. The summed E-state index contributed by atoms with van der Waals surface area (Å²) in [4.78, 5) is 37.4. The third-order valence-electron chi connectivity index (χ3n) is 4.44. The van der Waals surface area contributed by atoms with Gasteiger partial charge in [0, 0.05) is 18.8 Å². The zero-order valence-corrected chi connectivity index (χ0v) is 16.3. The van der Waals surface area contributed by atoms with Gasteiger partial charge in [0.1, 0.15) is 16.9 Å². The summed E-state index contributed by atoms with van der Waals surface area (Å²) in [5, 5.41) is 2.98. The first-order valence-corrected chi connectivity index (χ1v) is 9.17. The maximum absolute atomic E-state index is 13.1. The van der Waals surface area contributed by atoms with E-state index in [2.05, 4.69) is 20.3 Å². The number of likely N-dealkylation sites (tertiary alicyclic amines) is 1. The van der Waals surface area contributed by atoms with Crippen LogP contribution in [0.1, 0.15) is 26.8 Å². The van der Waals surface area contributed by atoms with Crippen molar-refractivity contribution in [2.45, 2.75) is 32.4 Å². The highest BCUT2D eigenvalue weighted by atomic mass is 19.1. The molecule has 152 valence electrons. The number of nitrogens with zero attached hydrogens (tertiary/aromatic N) is 4. The van der Waals surface area contributed by atoms with Crippen molar-refractivity contribution < 1.29 is 13.9 Å². The number of hydrogen-bond donors (Lipinski definition) is 2. The number of hydrogen-bond acceptors (Lipinski definition) is 6. The average molecular weight is 400 g/mol. The van der Waals surface area contributed by atoms with Crippen LogP contribution >= 0.6 is 0 Å². The summed E-state index contributed by atoms with van der Waals surface area (Å²) >= 11 is 0. The standard InChI is InChI=1S/C19H21FN6O3/c1-19(2,3)29-18(28)25-9-13(10-25)26-15-14(23-17(26)27)8-21-16(24-15)22-12-6-4-11(20)5-7-12/h4-8,13H,9-10H2,1-3H3,(H,23,27)(H,21,22,24). The van der Waals surface area contributed by atoms with Crippen LogP contribution in [0.5, 0.6) is 0 Å². The molecule has 4 rings (SSSR count). The fourth-order valence-electron chi connectivity index (χ4n) is 3.07. The van der Waals surface area contributed by atoms with Gasteiger partial charge in [-0.05, 0) is 45.0 Å². The quantitative estimate of drug-likeness (QED) is 0.700. The largest absolute Gasteiger partial charge is 0.444 e. The van der Waals surface area contributed by atoms with Gasteiger partial charge in [-0.1, -0.05) is 0 Å². The second kappa shape index (κ2) is 6.87. The highest BCUT2D eigenvalue weighted by molar-refractivity contribution is 5.73. The van der Waals surface area contributed by atoms with Crippen LogP contribution < -0.4 is 11.0 Å². The number of aromatic nitrogens is 4. The van der Waals surface area contributed by atoms with E-state index < -0.39 is 11.7 Å². The minimum atomic E-state index is -0.575. The second-order valence-electron chi connectivity index (χ2n) is 7.90. The van der Waals surface area contributed by atoms with E-state index in [0.717, 1.165) is 0 Å². The van der Waals surface area contributed by atoms with Crippen LogP contribution in [-0.2, 0) is 4.74 Å². The smallest absolute Gasteiger partial charge is 0.410 e. The molecule has 3 aromatic rings. The lowest BCUT2D eigenvalue weighted by Gasteiger charge is -2.39. The molecule has 0 saturated carbocycles. The molecule has 0 atom stereocenters. The van der Waals surface area contributed by atoms with Crippen LogP contribution in [0.4, 0.5) is 20.8 Å². The number of imidazole rings is 1. The predicted molar refractivity (Wildman–Crippen MR) is 105 cm³/mol. The molecule has 0 spiro atoms. The molecule has 0 unspecified atom stereocenters. The third-order valence-corrected chi connectivity index (χ3v) is 4.44. The van der Waals surface area contributed by atoms with Crippen LogP contribution in [0.15, 0.2) is 35.3 Å². The van der Waals surface area contributed by atoms with E-state index in [9.17, 15) is 14.0 Å². The van der Waals surface area contributed by atoms with Gasteiger partial charge in [-0.15, -0.1) is 0 Å². The summed E-state index contributed by atoms with van der Waals surface area (Å²) in [7, 11) is 0. The SMILES string of the molecule is CC(C)(C)OC(=O)N1CC(n2c(=O)[nH]c3cnc(Nc4ccc(F)cc4)nc32)C1. The summed E-state index contributed by atoms with van der Waals surface area (Å²) in [6.45, 7) is 6.12. The summed E-state index contributed by atoms with van der Waals surface area (Å²) in [6.07, 6.45) is 1.10. The van der Waals surface area contributed by atoms with Crippen molar-refractivity contribution in [1.29, 1.82) is 0 Å². The number of ether oxygens (including phenoxy) is 1. The summed E-state index contributed by atoms with van der Waals surface area (Å²) < 4.78 is 19.9. The summed E-state index contributed by atoms with van der Waals surface area (Å²) in [5.74, 6) is -0.0638. The Morgan fingerprint density at radius 3 is 2.62 bits per heavy atom. The molecular formula is C19H21FN6O3. The molecule has 2 aromatic heterocycles. The number of carbonyl (C=O) groups excluding carboxylic acids is 1. The predicted octanol–water partition coefficient (Wildman–Crippen LogP) is 2.79. The Bertz CT molecular complexity index is 1110. The molecule has 10 heteroatoms. The van der Waals surface area contributed by atoms with Gasteiger partial charge in [-0.3, -0.25) is 4.57 Å². The molecule has 1 aliphatic rings. The molecule has 1 fully saturated rings. The number of fused-ring (bicyclic) bond motifs is 1. The Balaban J connectivity index is 1.54. The fraction of sp³-hybridized carbons (Fsp3) is 0.368. The van der Waals surface area contributed by atoms with E-state index in [1.54, 1.807) is 37.8 Å². The first-order chi connectivity index (χ1) is 13.7. The molecule has 0 aliphatic carbocycles. The molecule has 1 saturated heterocycles. The lowest BCUT2D eigenvalue weighted by molar-refractivity contribution is 0.00110. The Morgan fingerprint density at radius 1 is 1.28 bits per heavy atom. The van der Waals surface area contributed by atoms with Gasteiger partial charge in [0.2, 0.25) is 5.95 Å². The zero-order valence-electron chi connectivity index (χ0n) is 16.3. The van der Waals surface area contributed by atoms with E-state index in [4.69, 9.17) is 4.74 Å². The van der Waals surface area contributed by atoms with E-state index in [1.165, 1.54) is 22.9 Å². The van der Waals surface area contributed by atoms with Crippen molar-refractivity contribution in [3.8, 4) is 0 Å². The summed E-state index contributed by atoms with van der Waals surface area (Å²) in [5.41, 5.74) is 0.657. The number of carbonyl (C=O) groups is 1. The molecule has 1 aliphatic heterocycles. The Kier molecular flexibility index (Phi) is 4.48. The van der Waals surface area contributed by atoms with Crippen LogP contribution in [0.2, 0.25) is 0 Å². The Morgan fingerprint density at radius 2 is 1.97 bits per heavy atom. The third kappa shape index (κ3) is 3.91. The second-order valence-corrected chi connectivity index (χ2v) is 7.90. The lowest BCUT2D eigenvalue weighted by Crippen LogP contribution is -2.53. The topological polar surface area (TPSA) is 105 Å². The molecular weight excluding hydrogens is 379 g/mol. The average Bonchev–Trinajstić information content (AvgIpc) is 2.90. The van der Waals surface area contributed by atoms with Crippen LogP contribution in [0.25, 0.3) is 11.2 Å². The van der Waals surface area contributed by atoms with Crippen LogP contribution in [0.3, 0.4) is 0 Å². The number of H-pyrrole nitrogens is 1. The van der Waals surface area contributed by atoms with Crippen molar-refractivity contribution >= 4 is 28.9 Å². The monoisotopic (exact) mass is 400 g/mol. The van der Waals surface area contributed by atoms with Crippen LogP contribution in [0, 0.1) is 5.82 Å². The van der Waals surface area contributed by atoms with Crippen molar-refractivity contribution in [2.24, 2.45) is 0 Å². The minimum absolute atomic E-state index is 0.211. The first-order valence-electron chi connectivity index (χ1n) is 9.17. The van der Waals surface area contributed by atoms with Crippen LogP contribution in [-0.4, -0.2) is 49.2 Å². The number of anilines is 2. The maximum Gasteiger partial charge on any atom is 0.410 e. The lowest BCUT2D eigenvalue weighted by atomic mass is 10.1. The number of nitrogens with one attached hydrogen (secondary N) is 2. The number of aromatic amines is 1. The summed E-state index contributed by atoms with van der Waals surface area (Å²) in [6, 6.07) is 5.58. The van der Waals surface area contributed by atoms with Gasteiger partial charge in [-0.2, -0.15) is 4.98 Å². The van der Waals surface area contributed by atoms with E-state index in [-0.39, 0.29) is 23.5 Å². The molecule has 1 aromatic carbocycles. The van der Waals surface area contributed by atoms with E-state index in [0.29, 0.717) is 29.9 Å². The molecule has 0 radical (unpaired) electrons. The Hall–Kier alpha value is -3.43. The normalized spacial score (nSPS) is 14.7. The van der Waals surface area contributed by atoms with Gasteiger partial charge in [0.25, 0.3) is 0 Å². The highest BCUT2D eigenvalue weighted by Gasteiger charge is 2.36. The number of rotatable bonds is 3. The van der Waals surface area contributed by atoms with Gasteiger partial charge in [0.15, 0.2) is 5.65 Å². The molecule has 0 bridgehead atoms. The zero-order chi connectivity index (χ0) is 20.8. The molecule has 29 heavy (non-hydrogen) atoms. The Labute approximate surface area is 165 Å². The number of benzene rings is 1. The fourth-order valence-corrected chi connectivity index (χ4v) is 3.07. The van der Waals surface area contributed by atoms with E-state index >= 15 is 0 Å². The van der Waals surface area contributed by atoms with E-state index in [1.807, 2.05) is 0 Å². The van der Waals surface area contributed by atoms with Crippen molar-refractivity contribution in [1.82, 2.24) is 24.4 Å². The number of halogens is 1. The first kappa shape index (κ1) is 18.9. The van der Waals surface area contributed by atoms with Gasteiger partial charge in [0.05, 0.1) is 12.2 Å². The van der Waals surface area contributed by atoms with Crippen molar-refractivity contribution in [3.63, 3.8) is 0 Å². The van der Waals surface area contributed by atoms with Gasteiger partial charge in [-0.25, -0.2) is 19.0 Å². The van der Waals surface area contributed by atoms with Crippen molar-refractivity contribution in [3.05, 3.63) is 46.8 Å².